The molecule has 6 heteroatoms. The zero-order chi connectivity index (χ0) is 19.3. The highest BCUT2D eigenvalue weighted by Gasteiger charge is 2.19. The second-order valence-electron chi connectivity index (χ2n) is 6.66. The Morgan fingerprint density at radius 1 is 1.11 bits per heavy atom. The van der Waals surface area contributed by atoms with Crippen LogP contribution in [0.15, 0.2) is 70.3 Å². The molecular formula is C22H21N3O2S. The van der Waals surface area contributed by atoms with Crippen molar-refractivity contribution in [1.29, 1.82) is 0 Å². The molecule has 1 amide bonds. The predicted octanol–water partition coefficient (Wildman–Crippen LogP) is 4.45. The van der Waals surface area contributed by atoms with E-state index < -0.39 is 0 Å². The van der Waals surface area contributed by atoms with Crippen molar-refractivity contribution < 1.29 is 9.21 Å². The van der Waals surface area contributed by atoms with Gasteiger partial charge in [-0.3, -0.25) is 4.79 Å². The molecule has 5 nitrogen and oxygen atoms in total. The van der Waals surface area contributed by atoms with E-state index in [-0.39, 0.29) is 5.91 Å². The first kappa shape index (κ1) is 18.5. The average molecular weight is 391 g/mol. The van der Waals surface area contributed by atoms with Gasteiger partial charge in [-0.1, -0.05) is 66.4 Å². The Morgan fingerprint density at radius 3 is 2.64 bits per heavy atom. The van der Waals surface area contributed by atoms with Crippen LogP contribution in [0.1, 0.15) is 17.5 Å². The number of benzene rings is 2. The van der Waals surface area contributed by atoms with Crippen molar-refractivity contribution in [1.82, 2.24) is 15.1 Å². The Labute approximate surface area is 168 Å². The van der Waals surface area contributed by atoms with Gasteiger partial charge in [0, 0.05) is 18.7 Å². The maximum atomic E-state index is 12.5. The minimum absolute atomic E-state index is 0.0870. The summed E-state index contributed by atoms with van der Waals surface area (Å²) >= 11 is 1.29. The number of nitrogens with zero attached hydrogens (tertiary/aromatic N) is 3. The lowest BCUT2D eigenvalue weighted by Crippen LogP contribution is -2.35. The molecule has 3 aromatic rings. The molecule has 0 fully saturated rings. The van der Waals surface area contributed by atoms with Crippen molar-refractivity contribution in [2.24, 2.45) is 0 Å². The number of rotatable bonds is 5. The fourth-order valence-electron chi connectivity index (χ4n) is 3.21. The summed E-state index contributed by atoms with van der Waals surface area (Å²) in [6.45, 7) is 3.38. The lowest BCUT2D eigenvalue weighted by Gasteiger charge is -2.26. The summed E-state index contributed by atoms with van der Waals surface area (Å²) in [6, 6.07) is 18.2. The molecule has 4 rings (SSSR count). The van der Waals surface area contributed by atoms with E-state index in [1.165, 1.54) is 22.9 Å². The standard InChI is InChI=1S/C22H21N3O2S/c1-16-7-5-6-10-19(16)21-23-24-22(27-21)28-15-20(26)25-13-11-18(12-14-25)17-8-3-2-4-9-17/h2-11H,12-15H2,1H3. The Balaban J connectivity index is 1.33. The van der Waals surface area contributed by atoms with E-state index in [1.54, 1.807) is 0 Å². The Kier molecular flexibility index (Phi) is 5.58. The molecule has 0 bridgehead atoms. The molecule has 28 heavy (non-hydrogen) atoms. The first-order valence-corrected chi connectivity index (χ1v) is 10.2. The van der Waals surface area contributed by atoms with Gasteiger partial charge >= 0.3 is 0 Å². The van der Waals surface area contributed by atoms with E-state index in [2.05, 4.69) is 28.4 Å². The molecule has 2 aromatic carbocycles. The van der Waals surface area contributed by atoms with Gasteiger partial charge in [0.2, 0.25) is 11.8 Å². The second-order valence-corrected chi connectivity index (χ2v) is 7.59. The number of aryl methyl sites for hydroxylation is 1. The highest BCUT2D eigenvalue weighted by atomic mass is 32.2. The van der Waals surface area contributed by atoms with Crippen LogP contribution in [0.3, 0.4) is 0 Å². The first-order chi connectivity index (χ1) is 13.7. The number of aromatic nitrogens is 2. The first-order valence-electron chi connectivity index (χ1n) is 9.25. The Morgan fingerprint density at radius 2 is 1.89 bits per heavy atom. The highest BCUT2D eigenvalue weighted by Crippen LogP contribution is 2.26. The molecule has 0 radical (unpaired) electrons. The minimum Gasteiger partial charge on any atom is -0.411 e. The van der Waals surface area contributed by atoms with E-state index >= 15 is 0 Å². The SMILES string of the molecule is Cc1ccccc1-c1nnc(SCC(=O)N2CC=C(c3ccccc3)CC2)o1. The van der Waals surface area contributed by atoms with Gasteiger partial charge in [-0.2, -0.15) is 0 Å². The van der Waals surface area contributed by atoms with Gasteiger partial charge in [-0.05, 0) is 36.1 Å². The fraction of sp³-hybridized carbons (Fsp3) is 0.227. The van der Waals surface area contributed by atoms with Crippen LogP contribution in [0.25, 0.3) is 17.0 Å². The van der Waals surface area contributed by atoms with E-state index in [4.69, 9.17) is 4.42 Å². The summed E-state index contributed by atoms with van der Waals surface area (Å²) in [6.07, 6.45) is 3.02. The number of thioether (sulfide) groups is 1. The molecule has 0 atom stereocenters. The van der Waals surface area contributed by atoms with E-state index in [0.29, 0.717) is 23.4 Å². The van der Waals surface area contributed by atoms with Crippen molar-refractivity contribution in [3.8, 4) is 11.5 Å². The maximum Gasteiger partial charge on any atom is 0.277 e. The van der Waals surface area contributed by atoms with E-state index in [1.807, 2.05) is 54.3 Å². The summed E-state index contributed by atoms with van der Waals surface area (Å²) in [5, 5.41) is 8.60. The third-order valence-corrected chi connectivity index (χ3v) is 5.61. The van der Waals surface area contributed by atoms with Crippen LogP contribution in [0.5, 0.6) is 0 Å². The van der Waals surface area contributed by atoms with Gasteiger partial charge < -0.3 is 9.32 Å². The third kappa shape index (κ3) is 4.17. The normalized spacial score (nSPS) is 14.0. The van der Waals surface area contributed by atoms with Gasteiger partial charge in [0.25, 0.3) is 5.22 Å². The van der Waals surface area contributed by atoms with Gasteiger partial charge in [-0.15, -0.1) is 10.2 Å². The quantitative estimate of drug-likeness (QED) is 0.601. The molecule has 0 N–H and O–H groups in total. The Bertz CT molecular complexity index is 998. The molecule has 142 valence electrons. The van der Waals surface area contributed by atoms with Crippen LogP contribution in [-0.2, 0) is 4.79 Å². The summed E-state index contributed by atoms with van der Waals surface area (Å²) in [4.78, 5) is 14.4. The molecule has 0 aliphatic carbocycles. The molecule has 0 saturated carbocycles. The average Bonchev–Trinajstić information content (AvgIpc) is 3.22. The predicted molar refractivity (Wildman–Crippen MR) is 111 cm³/mol. The molecule has 1 aliphatic rings. The zero-order valence-electron chi connectivity index (χ0n) is 15.7. The van der Waals surface area contributed by atoms with Crippen molar-refractivity contribution in [2.45, 2.75) is 18.6 Å². The van der Waals surface area contributed by atoms with E-state index in [0.717, 1.165) is 24.1 Å². The van der Waals surface area contributed by atoms with Crippen molar-refractivity contribution in [2.75, 3.05) is 18.8 Å². The van der Waals surface area contributed by atoms with Gasteiger partial charge in [0.1, 0.15) is 0 Å². The number of amides is 1. The summed E-state index contributed by atoms with van der Waals surface area (Å²) < 4.78 is 5.72. The lowest BCUT2D eigenvalue weighted by molar-refractivity contribution is -0.127. The lowest BCUT2D eigenvalue weighted by atomic mass is 10.00. The van der Waals surface area contributed by atoms with Crippen molar-refractivity contribution >= 4 is 23.2 Å². The number of hydrogen-bond acceptors (Lipinski definition) is 5. The summed E-state index contributed by atoms with van der Waals surface area (Å²) in [7, 11) is 0. The smallest absolute Gasteiger partial charge is 0.277 e. The van der Waals surface area contributed by atoms with E-state index in [9.17, 15) is 4.79 Å². The van der Waals surface area contributed by atoms with Crippen LogP contribution < -0.4 is 0 Å². The third-order valence-electron chi connectivity index (χ3n) is 4.81. The van der Waals surface area contributed by atoms with Crippen LogP contribution in [-0.4, -0.2) is 39.8 Å². The van der Waals surface area contributed by atoms with Crippen molar-refractivity contribution in [3.63, 3.8) is 0 Å². The van der Waals surface area contributed by atoms with Crippen LogP contribution in [0.2, 0.25) is 0 Å². The molecule has 1 aromatic heterocycles. The van der Waals surface area contributed by atoms with Gasteiger partial charge in [0.15, 0.2) is 0 Å². The van der Waals surface area contributed by atoms with Gasteiger partial charge in [-0.25, -0.2) is 0 Å². The largest absolute Gasteiger partial charge is 0.411 e. The molecule has 0 saturated heterocycles. The molecule has 2 heterocycles. The molecule has 0 unspecified atom stereocenters. The molecule has 0 spiro atoms. The minimum atomic E-state index is 0.0870. The summed E-state index contributed by atoms with van der Waals surface area (Å²) in [5.41, 5.74) is 4.53. The number of carbonyl (C=O) groups is 1. The number of hydrogen-bond donors (Lipinski definition) is 0. The highest BCUT2D eigenvalue weighted by molar-refractivity contribution is 7.99. The van der Waals surface area contributed by atoms with Crippen LogP contribution in [0.4, 0.5) is 0 Å². The summed E-state index contributed by atoms with van der Waals surface area (Å²) in [5.74, 6) is 0.870. The maximum absolute atomic E-state index is 12.5. The van der Waals surface area contributed by atoms with Crippen molar-refractivity contribution in [3.05, 3.63) is 71.8 Å². The number of carbonyl (C=O) groups excluding carboxylic acids is 1. The fourth-order valence-corrected chi connectivity index (χ4v) is 3.88. The van der Waals surface area contributed by atoms with Crippen LogP contribution in [0, 0.1) is 6.92 Å². The second kappa shape index (κ2) is 8.44. The molecular weight excluding hydrogens is 370 g/mol. The zero-order valence-corrected chi connectivity index (χ0v) is 16.5. The molecule has 1 aliphatic heterocycles. The topological polar surface area (TPSA) is 59.2 Å². The van der Waals surface area contributed by atoms with Crippen LogP contribution >= 0.6 is 11.8 Å². The Hall–Kier alpha value is -2.86. The van der Waals surface area contributed by atoms with Gasteiger partial charge in [0.05, 0.1) is 5.75 Å². The monoisotopic (exact) mass is 391 g/mol.